The number of hydrogen-bond acceptors (Lipinski definition) is 2. The van der Waals surface area contributed by atoms with Crippen LogP contribution in [-0.2, 0) is 0 Å². The van der Waals surface area contributed by atoms with Gasteiger partial charge in [-0.15, -0.1) is 0 Å². The third-order valence-corrected chi connectivity index (χ3v) is 4.38. The zero-order chi connectivity index (χ0) is 16.9. The van der Waals surface area contributed by atoms with Crippen molar-refractivity contribution in [1.29, 1.82) is 0 Å². The van der Waals surface area contributed by atoms with Gasteiger partial charge in [-0.3, -0.25) is 4.99 Å². The highest BCUT2D eigenvalue weighted by molar-refractivity contribution is 6.02. The van der Waals surface area contributed by atoms with E-state index >= 15 is 0 Å². The molecular formula is C23H20N2. The average molecular weight is 324 g/mol. The highest BCUT2D eigenvalue weighted by Gasteiger charge is 2.18. The number of aliphatic imine (C=N–C) groups is 1. The molecule has 0 aliphatic carbocycles. The summed E-state index contributed by atoms with van der Waals surface area (Å²) >= 11 is 0. The van der Waals surface area contributed by atoms with E-state index in [1.165, 1.54) is 11.1 Å². The van der Waals surface area contributed by atoms with Crippen LogP contribution in [-0.4, -0.2) is 5.71 Å². The van der Waals surface area contributed by atoms with E-state index in [4.69, 9.17) is 4.99 Å². The first-order chi connectivity index (χ1) is 12.4. The lowest BCUT2D eigenvalue weighted by Gasteiger charge is -2.18. The van der Waals surface area contributed by atoms with E-state index in [0.717, 1.165) is 23.5 Å². The maximum atomic E-state index is 4.90. The molecule has 0 unspecified atom stereocenters. The number of para-hydroxylation sites is 2. The molecule has 1 aliphatic heterocycles. The molecule has 122 valence electrons. The molecular weight excluding hydrogens is 304 g/mol. The topological polar surface area (TPSA) is 24.4 Å². The van der Waals surface area contributed by atoms with Gasteiger partial charge in [0.05, 0.1) is 17.4 Å². The van der Waals surface area contributed by atoms with Gasteiger partial charge in [-0.2, -0.15) is 0 Å². The number of fused-ring (bicyclic) bond motifs is 1. The minimum Gasteiger partial charge on any atom is -0.376 e. The summed E-state index contributed by atoms with van der Waals surface area (Å²) in [5.41, 5.74) is 5.62. The average Bonchev–Trinajstić information content (AvgIpc) is 2.87. The van der Waals surface area contributed by atoms with Crippen LogP contribution in [0.3, 0.4) is 0 Å². The molecule has 3 aromatic rings. The summed E-state index contributed by atoms with van der Waals surface area (Å²) in [7, 11) is 0. The van der Waals surface area contributed by atoms with Gasteiger partial charge in [-0.05, 0) is 29.3 Å². The molecule has 0 saturated carbocycles. The van der Waals surface area contributed by atoms with E-state index in [0.29, 0.717) is 0 Å². The molecule has 0 saturated heterocycles. The lowest BCUT2D eigenvalue weighted by Crippen LogP contribution is -2.12. The lowest BCUT2D eigenvalue weighted by molar-refractivity contribution is 0.830. The van der Waals surface area contributed by atoms with Crippen molar-refractivity contribution in [2.75, 3.05) is 5.32 Å². The molecule has 0 amide bonds. The second kappa shape index (κ2) is 7.18. The van der Waals surface area contributed by atoms with Gasteiger partial charge in [0, 0.05) is 12.1 Å². The third kappa shape index (κ3) is 3.69. The second-order valence-electron chi connectivity index (χ2n) is 6.18. The summed E-state index contributed by atoms with van der Waals surface area (Å²) in [5, 5.41) is 3.66. The molecule has 1 heterocycles. The number of benzene rings is 3. The van der Waals surface area contributed by atoms with Crippen LogP contribution < -0.4 is 5.32 Å². The molecule has 0 bridgehead atoms. The molecule has 3 aromatic carbocycles. The molecule has 1 N–H and O–H groups in total. The van der Waals surface area contributed by atoms with Gasteiger partial charge < -0.3 is 5.32 Å². The molecule has 1 aliphatic rings. The fraction of sp³-hybridized carbons (Fsp3) is 0.0870. The largest absolute Gasteiger partial charge is 0.376 e. The van der Waals surface area contributed by atoms with Crippen molar-refractivity contribution in [3.63, 3.8) is 0 Å². The number of anilines is 1. The Morgan fingerprint density at radius 3 is 2.24 bits per heavy atom. The van der Waals surface area contributed by atoms with Crippen LogP contribution >= 0.6 is 0 Å². The smallest absolute Gasteiger partial charge is 0.0864 e. The monoisotopic (exact) mass is 324 g/mol. The van der Waals surface area contributed by atoms with Crippen molar-refractivity contribution in [3.8, 4) is 0 Å². The van der Waals surface area contributed by atoms with Crippen LogP contribution in [0.15, 0.2) is 96.0 Å². The van der Waals surface area contributed by atoms with E-state index in [2.05, 4.69) is 84.2 Å². The number of nitrogens with one attached hydrogen (secondary N) is 1. The van der Waals surface area contributed by atoms with Crippen LogP contribution in [0.2, 0.25) is 0 Å². The van der Waals surface area contributed by atoms with Gasteiger partial charge >= 0.3 is 0 Å². The molecule has 25 heavy (non-hydrogen) atoms. The highest BCUT2D eigenvalue weighted by atomic mass is 15.0. The first-order valence-corrected chi connectivity index (χ1v) is 8.60. The van der Waals surface area contributed by atoms with Gasteiger partial charge in [0.15, 0.2) is 0 Å². The van der Waals surface area contributed by atoms with Crippen molar-refractivity contribution in [2.24, 2.45) is 4.99 Å². The van der Waals surface area contributed by atoms with Crippen molar-refractivity contribution in [1.82, 2.24) is 0 Å². The summed E-state index contributed by atoms with van der Waals surface area (Å²) in [6.45, 7) is 0. The quantitative estimate of drug-likeness (QED) is 0.625. The van der Waals surface area contributed by atoms with E-state index in [1.54, 1.807) is 0 Å². The fourth-order valence-corrected chi connectivity index (χ4v) is 3.09. The van der Waals surface area contributed by atoms with Gasteiger partial charge in [-0.25, -0.2) is 0 Å². The Hall–Kier alpha value is -3.13. The number of hydrogen-bond donors (Lipinski definition) is 1. The van der Waals surface area contributed by atoms with Crippen molar-refractivity contribution >= 4 is 23.2 Å². The summed E-state index contributed by atoms with van der Waals surface area (Å²) in [5.74, 6) is 0. The second-order valence-corrected chi connectivity index (χ2v) is 6.18. The van der Waals surface area contributed by atoms with Crippen LogP contribution in [0.1, 0.15) is 23.6 Å². The Balaban J connectivity index is 1.69. The molecule has 0 spiro atoms. The maximum absolute atomic E-state index is 4.90. The molecule has 0 fully saturated rings. The van der Waals surface area contributed by atoms with Crippen molar-refractivity contribution in [3.05, 3.63) is 102 Å². The molecule has 1 atom stereocenters. The Labute approximate surface area is 148 Å². The SMILES string of the molecule is C(=Cc1ccccc1)C1=Nc2ccccc2N[C@@H](c2ccccc2)C1. The molecule has 0 radical (unpaired) electrons. The summed E-state index contributed by atoms with van der Waals surface area (Å²) in [6, 6.07) is 29.4. The Bertz CT molecular complexity index is 896. The van der Waals surface area contributed by atoms with Crippen LogP contribution in [0.4, 0.5) is 11.4 Å². The van der Waals surface area contributed by atoms with Gasteiger partial charge in [0.2, 0.25) is 0 Å². The van der Waals surface area contributed by atoms with Crippen LogP contribution in [0.25, 0.3) is 6.08 Å². The zero-order valence-corrected chi connectivity index (χ0v) is 14.0. The van der Waals surface area contributed by atoms with Crippen molar-refractivity contribution < 1.29 is 0 Å². The predicted molar refractivity (Wildman–Crippen MR) is 106 cm³/mol. The van der Waals surface area contributed by atoms with E-state index in [-0.39, 0.29) is 6.04 Å². The summed E-state index contributed by atoms with van der Waals surface area (Å²) in [6.07, 6.45) is 5.12. The van der Waals surface area contributed by atoms with Crippen LogP contribution in [0, 0.1) is 0 Å². The minimum absolute atomic E-state index is 0.212. The summed E-state index contributed by atoms with van der Waals surface area (Å²) in [4.78, 5) is 4.90. The first kappa shape index (κ1) is 15.4. The van der Waals surface area contributed by atoms with E-state index < -0.39 is 0 Å². The third-order valence-electron chi connectivity index (χ3n) is 4.38. The standard InChI is InChI=1S/C23H20N2/c1-3-9-18(10-4-1)15-16-20-17-23(19-11-5-2-6-12-19)25-22-14-8-7-13-21(22)24-20/h1-16,23,25H,17H2/t23-/m1/s1. The van der Waals surface area contributed by atoms with E-state index in [9.17, 15) is 0 Å². The van der Waals surface area contributed by atoms with Crippen molar-refractivity contribution in [2.45, 2.75) is 12.5 Å². The minimum atomic E-state index is 0.212. The van der Waals surface area contributed by atoms with Gasteiger partial charge in [-0.1, -0.05) is 78.9 Å². The molecule has 4 rings (SSSR count). The Kier molecular flexibility index (Phi) is 4.42. The van der Waals surface area contributed by atoms with E-state index in [1.807, 2.05) is 18.2 Å². The molecule has 0 aromatic heterocycles. The predicted octanol–water partition coefficient (Wildman–Crippen LogP) is 6.03. The molecule has 2 heteroatoms. The molecule has 2 nitrogen and oxygen atoms in total. The zero-order valence-electron chi connectivity index (χ0n) is 14.0. The maximum Gasteiger partial charge on any atom is 0.0864 e. The Morgan fingerprint density at radius 1 is 0.760 bits per heavy atom. The normalized spacial score (nSPS) is 16.6. The van der Waals surface area contributed by atoms with Gasteiger partial charge in [0.1, 0.15) is 0 Å². The first-order valence-electron chi connectivity index (χ1n) is 8.60. The Morgan fingerprint density at radius 2 is 1.44 bits per heavy atom. The van der Waals surface area contributed by atoms with Gasteiger partial charge in [0.25, 0.3) is 0 Å². The fourth-order valence-electron chi connectivity index (χ4n) is 3.09. The number of rotatable bonds is 3. The number of nitrogens with zero attached hydrogens (tertiary/aromatic N) is 1. The number of allylic oxidation sites excluding steroid dienone is 1. The van der Waals surface area contributed by atoms with Crippen LogP contribution in [0.5, 0.6) is 0 Å². The highest BCUT2D eigenvalue weighted by Crippen LogP contribution is 2.34. The lowest BCUT2D eigenvalue weighted by atomic mass is 10.0. The summed E-state index contributed by atoms with van der Waals surface area (Å²) < 4.78 is 0.